The molecule has 1 amide bonds. The first kappa shape index (κ1) is 23.1. The number of ether oxygens (including phenoxy) is 2. The summed E-state index contributed by atoms with van der Waals surface area (Å²) in [7, 11) is 0. The number of benzene rings is 2. The van der Waals surface area contributed by atoms with Gasteiger partial charge in [-0.3, -0.25) is 5.32 Å². The molecular formula is C22H29NO5S. The van der Waals surface area contributed by atoms with Gasteiger partial charge in [0.1, 0.15) is 18.5 Å². The average molecular weight is 420 g/mol. The van der Waals surface area contributed by atoms with Crippen LogP contribution in [-0.4, -0.2) is 42.4 Å². The molecule has 0 bridgehead atoms. The van der Waals surface area contributed by atoms with Crippen molar-refractivity contribution in [2.24, 2.45) is 5.41 Å². The Hall–Kier alpha value is -2.22. The third kappa shape index (κ3) is 6.96. The molecule has 0 saturated carbocycles. The van der Waals surface area contributed by atoms with Crippen LogP contribution < -0.4 is 10.1 Å². The summed E-state index contributed by atoms with van der Waals surface area (Å²) in [6.45, 7) is 4.04. The lowest BCUT2D eigenvalue weighted by atomic mass is 9.80. The predicted molar refractivity (Wildman–Crippen MR) is 116 cm³/mol. The third-order valence-corrected chi connectivity index (χ3v) is 5.31. The highest BCUT2D eigenvalue weighted by Gasteiger charge is 2.34. The Bertz CT molecular complexity index is 762. The zero-order valence-electron chi connectivity index (χ0n) is 17.1. The number of aliphatic hydroxyl groups excluding tert-OH is 2. The van der Waals surface area contributed by atoms with Gasteiger partial charge < -0.3 is 19.7 Å². The minimum atomic E-state index is -0.563. The Balaban J connectivity index is 2.15. The zero-order valence-corrected chi connectivity index (χ0v) is 17.9. The lowest BCUT2D eigenvalue weighted by molar-refractivity contribution is 0.0152. The first-order valence-electron chi connectivity index (χ1n) is 9.46. The molecule has 0 aliphatic heterocycles. The number of amides is 1. The molecule has 2 aromatic carbocycles. The van der Waals surface area contributed by atoms with Gasteiger partial charge in [-0.1, -0.05) is 26.0 Å². The fraction of sp³-hybridized carbons (Fsp3) is 0.409. The van der Waals surface area contributed by atoms with E-state index in [0.29, 0.717) is 17.9 Å². The Morgan fingerprint density at radius 1 is 1.07 bits per heavy atom. The molecule has 0 radical (unpaired) electrons. The quantitative estimate of drug-likeness (QED) is 0.492. The maximum Gasteiger partial charge on any atom is 0.412 e. The van der Waals surface area contributed by atoms with E-state index in [1.54, 1.807) is 23.9 Å². The van der Waals surface area contributed by atoms with Crippen LogP contribution in [0.25, 0.3) is 0 Å². The van der Waals surface area contributed by atoms with Crippen LogP contribution in [-0.2, 0) is 4.74 Å². The van der Waals surface area contributed by atoms with Crippen molar-refractivity contribution in [1.82, 2.24) is 0 Å². The lowest BCUT2D eigenvalue weighted by Crippen LogP contribution is -2.29. The maximum absolute atomic E-state index is 12.6. The molecule has 0 fully saturated rings. The van der Waals surface area contributed by atoms with E-state index >= 15 is 0 Å². The molecule has 0 aliphatic rings. The molecule has 2 rings (SSSR count). The number of rotatable bonds is 10. The Kier molecular flexibility index (Phi) is 8.82. The minimum absolute atomic E-state index is 0.0116. The minimum Gasteiger partial charge on any atom is -0.491 e. The highest BCUT2D eigenvalue weighted by molar-refractivity contribution is 7.98. The molecular weight excluding hydrogens is 390 g/mol. The Morgan fingerprint density at radius 2 is 1.72 bits per heavy atom. The average Bonchev–Trinajstić information content (AvgIpc) is 2.71. The number of aliphatic hydroxyl groups is 2. The van der Waals surface area contributed by atoms with Gasteiger partial charge in [-0.05, 0) is 54.6 Å². The number of nitrogens with one attached hydrogen (secondary N) is 1. The van der Waals surface area contributed by atoms with E-state index in [9.17, 15) is 9.90 Å². The standard InChI is InChI=1S/C22H29NO5S/c1-22(2,12-13-24)20(16-4-8-18(9-5-16)27-15-14-25)28-21(26)23-17-6-10-19(29-3)11-7-17/h4-11,20,24-25H,12-15H2,1-3H3,(H,23,26)/t20-/m0/s1. The summed E-state index contributed by atoms with van der Waals surface area (Å²) >= 11 is 1.63. The number of thioether (sulfide) groups is 1. The highest BCUT2D eigenvalue weighted by Crippen LogP contribution is 2.40. The third-order valence-electron chi connectivity index (χ3n) is 4.57. The van der Waals surface area contributed by atoms with Crippen LogP contribution in [0.15, 0.2) is 53.4 Å². The van der Waals surface area contributed by atoms with E-state index in [1.807, 2.05) is 56.5 Å². The lowest BCUT2D eigenvalue weighted by Gasteiger charge is -2.33. The molecule has 1 atom stereocenters. The van der Waals surface area contributed by atoms with E-state index in [1.165, 1.54) is 0 Å². The Morgan fingerprint density at radius 3 is 2.28 bits per heavy atom. The molecule has 7 heteroatoms. The van der Waals surface area contributed by atoms with Crippen molar-refractivity contribution in [2.75, 3.05) is 31.4 Å². The van der Waals surface area contributed by atoms with Crippen LogP contribution in [0.3, 0.4) is 0 Å². The molecule has 0 saturated heterocycles. The normalized spacial score (nSPS) is 12.3. The van der Waals surface area contributed by atoms with Crippen LogP contribution >= 0.6 is 11.8 Å². The van der Waals surface area contributed by atoms with Gasteiger partial charge in [0.15, 0.2) is 0 Å². The van der Waals surface area contributed by atoms with Crippen molar-refractivity contribution in [3.05, 3.63) is 54.1 Å². The molecule has 0 heterocycles. The van der Waals surface area contributed by atoms with E-state index in [0.717, 1.165) is 10.5 Å². The zero-order chi connectivity index (χ0) is 21.3. The van der Waals surface area contributed by atoms with Gasteiger partial charge in [0.2, 0.25) is 0 Å². The number of carbonyl (C=O) groups excluding carboxylic acids is 1. The summed E-state index contributed by atoms with van der Waals surface area (Å²) in [6.07, 6.45) is 1.34. The molecule has 29 heavy (non-hydrogen) atoms. The van der Waals surface area contributed by atoms with Gasteiger partial charge in [0, 0.05) is 22.6 Å². The SMILES string of the molecule is CSc1ccc(NC(=O)O[C@@H](c2ccc(OCCO)cc2)C(C)(C)CCO)cc1. The van der Waals surface area contributed by atoms with Crippen LogP contribution in [0.5, 0.6) is 5.75 Å². The van der Waals surface area contributed by atoms with Crippen molar-refractivity contribution in [3.8, 4) is 5.75 Å². The summed E-state index contributed by atoms with van der Waals surface area (Å²) in [6, 6.07) is 14.7. The van der Waals surface area contributed by atoms with Crippen LogP contribution in [0.2, 0.25) is 0 Å². The first-order valence-corrected chi connectivity index (χ1v) is 10.7. The van der Waals surface area contributed by atoms with Gasteiger partial charge in [0.05, 0.1) is 6.61 Å². The predicted octanol–water partition coefficient (Wildman–Crippen LogP) is 4.48. The number of anilines is 1. The maximum atomic E-state index is 12.6. The van der Waals surface area contributed by atoms with Crippen LogP contribution in [0.4, 0.5) is 10.5 Å². The van der Waals surface area contributed by atoms with Crippen molar-refractivity contribution < 1.29 is 24.5 Å². The molecule has 2 aromatic rings. The van der Waals surface area contributed by atoms with Crippen LogP contribution in [0, 0.1) is 5.41 Å². The fourth-order valence-corrected chi connectivity index (χ4v) is 3.34. The van der Waals surface area contributed by atoms with Crippen molar-refractivity contribution in [1.29, 1.82) is 0 Å². The molecule has 0 aliphatic carbocycles. The van der Waals surface area contributed by atoms with Crippen molar-refractivity contribution in [3.63, 3.8) is 0 Å². The van der Waals surface area contributed by atoms with E-state index in [2.05, 4.69) is 5.32 Å². The molecule has 0 aromatic heterocycles. The molecule has 0 spiro atoms. The smallest absolute Gasteiger partial charge is 0.412 e. The second-order valence-electron chi connectivity index (χ2n) is 7.24. The van der Waals surface area contributed by atoms with Crippen molar-refractivity contribution in [2.45, 2.75) is 31.3 Å². The van der Waals surface area contributed by atoms with E-state index in [4.69, 9.17) is 14.6 Å². The van der Waals surface area contributed by atoms with Gasteiger partial charge in [-0.2, -0.15) is 0 Å². The fourth-order valence-electron chi connectivity index (χ4n) is 2.93. The second kappa shape index (κ2) is 11.1. The molecule has 6 nitrogen and oxygen atoms in total. The van der Waals surface area contributed by atoms with Gasteiger partial charge in [-0.15, -0.1) is 11.8 Å². The summed E-state index contributed by atoms with van der Waals surface area (Å²) in [5.74, 6) is 0.625. The van der Waals surface area contributed by atoms with E-state index < -0.39 is 17.6 Å². The van der Waals surface area contributed by atoms with Gasteiger partial charge >= 0.3 is 6.09 Å². The molecule has 0 unspecified atom stereocenters. The topological polar surface area (TPSA) is 88.0 Å². The number of carbonyl (C=O) groups is 1. The molecule has 3 N–H and O–H groups in total. The van der Waals surface area contributed by atoms with Gasteiger partial charge in [0.25, 0.3) is 0 Å². The number of hydrogen-bond acceptors (Lipinski definition) is 6. The van der Waals surface area contributed by atoms with E-state index in [-0.39, 0.29) is 19.8 Å². The van der Waals surface area contributed by atoms with Crippen molar-refractivity contribution >= 4 is 23.5 Å². The second-order valence-corrected chi connectivity index (χ2v) is 8.12. The summed E-state index contributed by atoms with van der Waals surface area (Å²) in [5, 5.41) is 21.1. The largest absolute Gasteiger partial charge is 0.491 e. The summed E-state index contributed by atoms with van der Waals surface area (Å²) < 4.78 is 11.2. The monoisotopic (exact) mass is 419 g/mol. The first-order chi connectivity index (χ1) is 13.9. The Labute approximate surface area is 176 Å². The summed E-state index contributed by atoms with van der Waals surface area (Å²) in [5.41, 5.74) is 0.967. The van der Waals surface area contributed by atoms with Gasteiger partial charge in [-0.25, -0.2) is 4.79 Å². The number of hydrogen-bond donors (Lipinski definition) is 3. The van der Waals surface area contributed by atoms with Crippen LogP contribution in [0.1, 0.15) is 31.9 Å². The highest BCUT2D eigenvalue weighted by atomic mass is 32.2. The molecule has 158 valence electrons. The summed E-state index contributed by atoms with van der Waals surface area (Å²) in [4.78, 5) is 13.7.